The fourth-order valence-corrected chi connectivity index (χ4v) is 4.02. The summed E-state index contributed by atoms with van der Waals surface area (Å²) in [5, 5.41) is 24.2. The fraction of sp³-hybridized carbons (Fsp3) is 0.250. The molecule has 1 aliphatic carbocycles. The zero-order chi connectivity index (χ0) is 18.3. The maximum Gasteiger partial charge on any atom is 0.271 e. The number of non-ortho nitro benzene ring substituents is 1. The molecule has 1 heterocycles. The average Bonchev–Trinajstić information content (AvgIpc) is 3.16. The highest BCUT2D eigenvalue weighted by Crippen LogP contribution is 2.51. The van der Waals surface area contributed by atoms with E-state index < -0.39 is 4.92 Å². The van der Waals surface area contributed by atoms with Crippen molar-refractivity contribution < 1.29 is 9.66 Å². The maximum atomic E-state index is 11.2. The van der Waals surface area contributed by atoms with Crippen molar-refractivity contribution >= 4 is 11.4 Å². The molecule has 0 fully saturated rings. The molecule has 0 saturated heterocycles. The van der Waals surface area contributed by atoms with E-state index in [1.54, 1.807) is 13.2 Å². The number of nitrogens with zero attached hydrogens (tertiary/aromatic N) is 2. The van der Waals surface area contributed by atoms with E-state index >= 15 is 0 Å². The number of fused-ring (bicyclic) bond motifs is 3. The molecule has 2 aromatic carbocycles. The van der Waals surface area contributed by atoms with E-state index in [1.165, 1.54) is 6.07 Å². The second-order valence-corrected chi connectivity index (χ2v) is 6.58. The minimum Gasteiger partial charge on any atom is -0.497 e. The Bertz CT molecular complexity index is 944. The van der Waals surface area contributed by atoms with Gasteiger partial charge in [0.15, 0.2) is 0 Å². The predicted molar refractivity (Wildman–Crippen MR) is 97.2 cm³/mol. The molecule has 0 saturated carbocycles. The third-order valence-corrected chi connectivity index (χ3v) is 5.26. The Balaban J connectivity index is 1.82. The second kappa shape index (κ2) is 6.19. The van der Waals surface area contributed by atoms with Crippen molar-refractivity contribution in [2.75, 3.05) is 12.4 Å². The summed E-state index contributed by atoms with van der Waals surface area (Å²) in [6.07, 6.45) is 5.11. The molecule has 130 valence electrons. The van der Waals surface area contributed by atoms with Crippen LogP contribution in [0.1, 0.15) is 35.1 Å². The van der Waals surface area contributed by atoms with Gasteiger partial charge in [-0.3, -0.25) is 10.1 Å². The van der Waals surface area contributed by atoms with E-state index in [2.05, 4.69) is 23.5 Å². The summed E-state index contributed by atoms with van der Waals surface area (Å²) in [6.45, 7) is 0. The monoisotopic (exact) mass is 347 g/mol. The molecular formula is C20H17N3O3. The number of nitro groups is 1. The number of nitrogens with one attached hydrogen (secondary N) is 1. The SMILES string of the molecule is COc1ccc([C@@H]2Nc3c(C#N)cc([N+](=O)[O-])cc3[C@@H]3C=CC[C@@H]32)cc1. The summed E-state index contributed by atoms with van der Waals surface area (Å²) in [4.78, 5) is 10.8. The molecule has 2 aromatic rings. The van der Waals surface area contributed by atoms with Crippen LogP contribution in [0.4, 0.5) is 11.4 Å². The molecule has 6 nitrogen and oxygen atoms in total. The number of nitro benzene ring substituents is 1. The van der Waals surface area contributed by atoms with Gasteiger partial charge in [0.1, 0.15) is 11.8 Å². The van der Waals surface area contributed by atoms with Crippen LogP contribution in [0.15, 0.2) is 48.6 Å². The van der Waals surface area contributed by atoms with E-state index in [1.807, 2.05) is 24.3 Å². The van der Waals surface area contributed by atoms with Gasteiger partial charge in [-0.05, 0) is 35.6 Å². The van der Waals surface area contributed by atoms with Gasteiger partial charge in [-0.1, -0.05) is 24.3 Å². The van der Waals surface area contributed by atoms with Gasteiger partial charge in [0.2, 0.25) is 0 Å². The minimum absolute atomic E-state index is 0.0296. The highest BCUT2D eigenvalue weighted by Gasteiger charge is 2.39. The Kier molecular flexibility index (Phi) is 3.85. The normalized spacial score (nSPS) is 22.7. The number of hydrogen-bond donors (Lipinski definition) is 1. The minimum atomic E-state index is -0.440. The lowest BCUT2D eigenvalue weighted by Crippen LogP contribution is -2.29. The van der Waals surface area contributed by atoms with E-state index in [-0.39, 0.29) is 23.6 Å². The number of ether oxygens (including phenoxy) is 1. The van der Waals surface area contributed by atoms with Crippen LogP contribution in [-0.4, -0.2) is 12.0 Å². The number of benzene rings is 2. The van der Waals surface area contributed by atoms with Gasteiger partial charge in [0.05, 0.1) is 29.3 Å². The first-order valence-electron chi connectivity index (χ1n) is 8.42. The summed E-state index contributed by atoms with van der Waals surface area (Å²) >= 11 is 0. The summed E-state index contributed by atoms with van der Waals surface area (Å²) < 4.78 is 5.23. The quantitative estimate of drug-likeness (QED) is 0.508. The highest BCUT2D eigenvalue weighted by molar-refractivity contribution is 5.71. The number of rotatable bonds is 3. The molecule has 0 unspecified atom stereocenters. The lowest BCUT2D eigenvalue weighted by Gasteiger charge is -2.37. The standard InChI is InChI=1S/C20H17N3O3/c1-26-15-7-5-12(6-8-15)19-17-4-2-3-16(17)18-10-14(23(24)25)9-13(11-21)20(18)22-19/h2-3,5-10,16-17,19,22H,4H2,1H3/t16-,17+,19+/m1/s1. The van der Waals surface area contributed by atoms with Gasteiger partial charge in [-0.15, -0.1) is 0 Å². The van der Waals surface area contributed by atoms with Crippen LogP contribution < -0.4 is 10.1 Å². The van der Waals surface area contributed by atoms with Crippen molar-refractivity contribution in [3.8, 4) is 11.8 Å². The van der Waals surface area contributed by atoms with Crippen molar-refractivity contribution in [1.82, 2.24) is 0 Å². The molecule has 0 radical (unpaired) electrons. The van der Waals surface area contributed by atoms with Crippen molar-refractivity contribution in [3.63, 3.8) is 0 Å². The van der Waals surface area contributed by atoms with Crippen LogP contribution in [0.25, 0.3) is 0 Å². The zero-order valence-corrected chi connectivity index (χ0v) is 14.2. The first-order valence-corrected chi connectivity index (χ1v) is 8.42. The second-order valence-electron chi connectivity index (χ2n) is 6.58. The largest absolute Gasteiger partial charge is 0.497 e. The van der Waals surface area contributed by atoms with Crippen LogP contribution in [0, 0.1) is 27.4 Å². The first-order chi connectivity index (χ1) is 12.6. The molecule has 0 amide bonds. The number of methoxy groups -OCH3 is 1. The molecular weight excluding hydrogens is 330 g/mol. The molecule has 1 aliphatic heterocycles. The van der Waals surface area contributed by atoms with Crippen molar-refractivity contribution in [2.24, 2.45) is 5.92 Å². The molecule has 2 aliphatic rings. The Morgan fingerprint density at radius 2 is 2.08 bits per heavy atom. The smallest absolute Gasteiger partial charge is 0.271 e. The van der Waals surface area contributed by atoms with Gasteiger partial charge in [-0.2, -0.15) is 5.26 Å². The molecule has 0 spiro atoms. The van der Waals surface area contributed by atoms with Crippen LogP contribution in [-0.2, 0) is 0 Å². The molecule has 4 rings (SSSR count). The Labute approximate surface area is 150 Å². The number of allylic oxidation sites excluding steroid dienone is 2. The molecule has 1 N–H and O–H groups in total. The van der Waals surface area contributed by atoms with E-state index in [0.717, 1.165) is 23.3 Å². The summed E-state index contributed by atoms with van der Waals surface area (Å²) in [7, 11) is 1.63. The number of anilines is 1. The Morgan fingerprint density at radius 1 is 1.31 bits per heavy atom. The maximum absolute atomic E-state index is 11.2. The molecule has 26 heavy (non-hydrogen) atoms. The highest BCUT2D eigenvalue weighted by atomic mass is 16.6. The lowest BCUT2D eigenvalue weighted by atomic mass is 9.76. The molecule has 6 heteroatoms. The van der Waals surface area contributed by atoms with Gasteiger partial charge < -0.3 is 10.1 Å². The van der Waals surface area contributed by atoms with E-state index in [9.17, 15) is 15.4 Å². The molecule has 3 atom stereocenters. The first kappa shape index (κ1) is 16.2. The molecule has 0 bridgehead atoms. The van der Waals surface area contributed by atoms with Crippen molar-refractivity contribution in [2.45, 2.75) is 18.4 Å². The third kappa shape index (κ3) is 2.49. The average molecular weight is 347 g/mol. The fourth-order valence-electron chi connectivity index (χ4n) is 4.02. The predicted octanol–water partition coefficient (Wildman–Crippen LogP) is 4.30. The van der Waals surface area contributed by atoms with Gasteiger partial charge in [0, 0.05) is 18.1 Å². The van der Waals surface area contributed by atoms with Gasteiger partial charge in [-0.25, -0.2) is 0 Å². The van der Waals surface area contributed by atoms with Crippen LogP contribution >= 0.6 is 0 Å². The van der Waals surface area contributed by atoms with Crippen LogP contribution in [0.2, 0.25) is 0 Å². The Morgan fingerprint density at radius 3 is 2.73 bits per heavy atom. The number of nitriles is 1. The van der Waals surface area contributed by atoms with Crippen LogP contribution in [0.5, 0.6) is 5.75 Å². The summed E-state index contributed by atoms with van der Waals surface area (Å²) in [5.74, 6) is 1.11. The summed E-state index contributed by atoms with van der Waals surface area (Å²) in [6, 6.07) is 13.0. The topological polar surface area (TPSA) is 88.2 Å². The van der Waals surface area contributed by atoms with Crippen molar-refractivity contribution in [3.05, 3.63) is 75.4 Å². The van der Waals surface area contributed by atoms with Crippen molar-refractivity contribution in [1.29, 1.82) is 5.26 Å². The molecule has 0 aromatic heterocycles. The van der Waals surface area contributed by atoms with E-state index in [0.29, 0.717) is 11.3 Å². The van der Waals surface area contributed by atoms with Crippen LogP contribution in [0.3, 0.4) is 0 Å². The lowest BCUT2D eigenvalue weighted by molar-refractivity contribution is -0.384. The van der Waals surface area contributed by atoms with Gasteiger partial charge in [0.25, 0.3) is 5.69 Å². The Hall–Kier alpha value is -3.33. The zero-order valence-electron chi connectivity index (χ0n) is 14.2. The third-order valence-electron chi connectivity index (χ3n) is 5.26. The summed E-state index contributed by atoms with van der Waals surface area (Å²) in [5.41, 5.74) is 2.92. The number of hydrogen-bond acceptors (Lipinski definition) is 5. The van der Waals surface area contributed by atoms with Gasteiger partial charge >= 0.3 is 0 Å². The van der Waals surface area contributed by atoms with E-state index in [4.69, 9.17) is 4.74 Å².